The first kappa shape index (κ1) is 22.2. The van der Waals surface area contributed by atoms with Gasteiger partial charge in [-0.3, -0.25) is 4.90 Å². The van der Waals surface area contributed by atoms with E-state index in [-0.39, 0.29) is 42.0 Å². The number of carbonyl (C=O) groups is 1. The minimum Gasteiger partial charge on any atom is -0.465 e. The van der Waals surface area contributed by atoms with Crippen molar-refractivity contribution in [2.45, 2.75) is 5.09 Å². The molecule has 11 heteroatoms. The molecule has 2 rings (SSSR count). The van der Waals surface area contributed by atoms with Crippen LogP contribution in [0.3, 0.4) is 0 Å². The molecule has 0 amide bonds. The standard InChI is InChI=1S/C12H19N3O5S.2ClH/c1-19-12(16)10-8-11(20-9-10)21(17,18)14-4-7-15-5-2-13-3-6-15;;/h8-9,13-14H,2-7H2,1H3;2*1H. The number of esters is 1. The third kappa shape index (κ3) is 6.28. The van der Waals surface area contributed by atoms with Gasteiger partial charge in [-0.2, -0.15) is 0 Å². The number of piperazine rings is 1. The van der Waals surface area contributed by atoms with Gasteiger partial charge in [0, 0.05) is 45.3 Å². The molecular formula is C12H21Cl2N3O5S. The molecule has 23 heavy (non-hydrogen) atoms. The molecular weight excluding hydrogens is 369 g/mol. The molecule has 0 aromatic carbocycles. The van der Waals surface area contributed by atoms with Crippen LogP contribution in [0.2, 0.25) is 0 Å². The Bertz CT molecular complexity index is 587. The van der Waals surface area contributed by atoms with Crippen LogP contribution in [0.1, 0.15) is 10.4 Å². The van der Waals surface area contributed by atoms with E-state index in [1.807, 2.05) is 0 Å². The molecule has 1 aliphatic rings. The Labute approximate surface area is 147 Å². The summed E-state index contributed by atoms with van der Waals surface area (Å²) in [6.45, 7) is 4.53. The Morgan fingerprint density at radius 2 is 2.04 bits per heavy atom. The van der Waals surface area contributed by atoms with Crippen molar-refractivity contribution in [3.63, 3.8) is 0 Å². The molecule has 0 atom stereocenters. The Balaban J connectivity index is 0.00000242. The van der Waals surface area contributed by atoms with E-state index in [1.165, 1.54) is 7.11 Å². The number of nitrogens with zero attached hydrogens (tertiary/aromatic N) is 1. The average molecular weight is 390 g/mol. The average Bonchev–Trinajstić information content (AvgIpc) is 2.98. The Morgan fingerprint density at radius 3 is 2.65 bits per heavy atom. The van der Waals surface area contributed by atoms with Crippen molar-refractivity contribution < 1.29 is 22.4 Å². The van der Waals surface area contributed by atoms with Crippen LogP contribution in [-0.4, -0.2) is 65.7 Å². The van der Waals surface area contributed by atoms with Crippen LogP contribution in [0, 0.1) is 0 Å². The molecule has 0 saturated carbocycles. The highest BCUT2D eigenvalue weighted by Gasteiger charge is 2.21. The number of ether oxygens (including phenoxy) is 1. The van der Waals surface area contributed by atoms with Gasteiger partial charge in [-0.15, -0.1) is 24.8 Å². The molecule has 8 nitrogen and oxygen atoms in total. The number of carbonyl (C=O) groups excluding carboxylic acids is 1. The highest BCUT2D eigenvalue weighted by atomic mass is 35.5. The zero-order valence-electron chi connectivity index (χ0n) is 12.6. The van der Waals surface area contributed by atoms with Crippen LogP contribution in [-0.2, 0) is 14.8 Å². The summed E-state index contributed by atoms with van der Waals surface area (Å²) in [7, 11) is -2.53. The third-order valence-electron chi connectivity index (χ3n) is 3.19. The monoisotopic (exact) mass is 389 g/mol. The van der Waals surface area contributed by atoms with Gasteiger partial charge in [-0.1, -0.05) is 0 Å². The van der Waals surface area contributed by atoms with Crippen LogP contribution in [0.25, 0.3) is 0 Å². The normalized spacial score (nSPS) is 15.3. The van der Waals surface area contributed by atoms with Crippen molar-refractivity contribution in [2.75, 3.05) is 46.4 Å². The lowest BCUT2D eigenvalue weighted by molar-refractivity contribution is 0.0600. The molecule has 134 valence electrons. The number of halogens is 2. The lowest BCUT2D eigenvalue weighted by atomic mass is 10.3. The lowest BCUT2D eigenvalue weighted by Gasteiger charge is -2.26. The van der Waals surface area contributed by atoms with E-state index < -0.39 is 16.0 Å². The van der Waals surface area contributed by atoms with E-state index in [4.69, 9.17) is 4.42 Å². The van der Waals surface area contributed by atoms with Crippen molar-refractivity contribution in [2.24, 2.45) is 0 Å². The molecule has 2 N–H and O–H groups in total. The minimum atomic E-state index is -3.75. The topological polar surface area (TPSA) is 101 Å². The quantitative estimate of drug-likeness (QED) is 0.664. The minimum absolute atomic E-state index is 0. The molecule has 1 aromatic heterocycles. The molecule has 0 aliphatic carbocycles. The summed E-state index contributed by atoms with van der Waals surface area (Å²) in [6, 6.07) is 1.15. The maximum absolute atomic E-state index is 12.0. The summed E-state index contributed by atoms with van der Waals surface area (Å²) in [6.07, 6.45) is 1.07. The fourth-order valence-electron chi connectivity index (χ4n) is 2.03. The SMILES string of the molecule is COC(=O)c1coc(S(=O)(=O)NCCN2CCNCC2)c1.Cl.Cl. The number of hydrogen-bond acceptors (Lipinski definition) is 7. The number of rotatable bonds is 6. The van der Waals surface area contributed by atoms with Gasteiger partial charge in [0.15, 0.2) is 0 Å². The molecule has 0 bridgehead atoms. The summed E-state index contributed by atoms with van der Waals surface area (Å²) >= 11 is 0. The summed E-state index contributed by atoms with van der Waals surface area (Å²) in [5.74, 6) is -0.638. The van der Waals surface area contributed by atoms with E-state index in [1.54, 1.807) is 0 Å². The number of sulfonamides is 1. The molecule has 0 radical (unpaired) electrons. The molecule has 0 unspecified atom stereocenters. The van der Waals surface area contributed by atoms with Gasteiger partial charge in [-0.25, -0.2) is 17.9 Å². The van der Waals surface area contributed by atoms with E-state index in [2.05, 4.69) is 19.7 Å². The van der Waals surface area contributed by atoms with E-state index in [0.29, 0.717) is 6.54 Å². The zero-order valence-corrected chi connectivity index (χ0v) is 15.1. The first-order chi connectivity index (χ1) is 10.0. The van der Waals surface area contributed by atoms with Crippen molar-refractivity contribution in [1.29, 1.82) is 0 Å². The van der Waals surface area contributed by atoms with Crippen molar-refractivity contribution in [3.8, 4) is 0 Å². The lowest BCUT2D eigenvalue weighted by Crippen LogP contribution is -2.46. The molecule has 2 heterocycles. The highest BCUT2D eigenvalue weighted by Crippen LogP contribution is 2.14. The number of nitrogens with one attached hydrogen (secondary N) is 2. The number of hydrogen-bond donors (Lipinski definition) is 2. The Morgan fingerprint density at radius 1 is 1.39 bits per heavy atom. The highest BCUT2D eigenvalue weighted by molar-refractivity contribution is 7.89. The number of methoxy groups -OCH3 is 1. The predicted octanol–water partition coefficient (Wildman–Crippen LogP) is 0.0933. The van der Waals surface area contributed by atoms with Crippen LogP contribution in [0.15, 0.2) is 21.8 Å². The zero-order chi connectivity index (χ0) is 15.3. The first-order valence-corrected chi connectivity index (χ1v) is 8.11. The second-order valence-electron chi connectivity index (χ2n) is 4.64. The van der Waals surface area contributed by atoms with Gasteiger partial charge >= 0.3 is 5.97 Å². The van der Waals surface area contributed by atoms with Gasteiger partial charge in [0.2, 0.25) is 5.09 Å². The van der Waals surface area contributed by atoms with E-state index in [0.717, 1.165) is 38.5 Å². The third-order valence-corrected chi connectivity index (χ3v) is 4.52. The fraction of sp³-hybridized carbons (Fsp3) is 0.583. The van der Waals surface area contributed by atoms with Crippen LogP contribution in [0.5, 0.6) is 0 Å². The van der Waals surface area contributed by atoms with Gasteiger partial charge in [0.05, 0.1) is 12.7 Å². The van der Waals surface area contributed by atoms with Crippen LogP contribution in [0.4, 0.5) is 0 Å². The summed E-state index contributed by atoms with van der Waals surface area (Å²) in [4.78, 5) is 13.4. The second-order valence-corrected chi connectivity index (χ2v) is 6.33. The van der Waals surface area contributed by atoms with Gasteiger partial charge in [-0.05, 0) is 0 Å². The van der Waals surface area contributed by atoms with Crippen molar-refractivity contribution in [1.82, 2.24) is 14.9 Å². The fourth-order valence-corrected chi connectivity index (χ4v) is 2.99. The Hall–Kier alpha value is -0.840. The van der Waals surface area contributed by atoms with Gasteiger partial charge in [0.1, 0.15) is 6.26 Å². The maximum atomic E-state index is 12.0. The molecule has 1 saturated heterocycles. The first-order valence-electron chi connectivity index (χ1n) is 6.62. The van der Waals surface area contributed by atoms with E-state index in [9.17, 15) is 13.2 Å². The maximum Gasteiger partial charge on any atom is 0.341 e. The molecule has 1 aromatic rings. The number of furan rings is 1. The second kappa shape index (κ2) is 10.1. The largest absolute Gasteiger partial charge is 0.465 e. The molecule has 1 aliphatic heterocycles. The van der Waals surface area contributed by atoms with Crippen LogP contribution >= 0.6 is 24.8 Å². The van der Waals surface area contributed by atoms with Gasteiger partial charge < -0.3 is 14.5 Å². The van der Waals surface area contributed by atoms with Crippen LogP contribution < -0.4 is 10.0 Å². The summed E-state index contributed by atoms with van der Waals surface area (Å²) in [5.41, 5.74) is 0.0694. The predicted molar refractivity (Wildman–Crippen MR) is 89.0 cm³/mol. The van der Waals surface area contributed by atoms with Gasteiger partial charge in [0.25, 0.3) is 10.0 Å². The Kier molecular flexibility index (Phi) is 9.74. The van der Waals surface area contributed by atoms with E-state index >= 15 is 0 Å². The molecule has 0 spiro atoms. The van der Waals surface area contributed by atoms with Crippen molar-refractivity contribution in [3.05, 3.63) is 17.9 Å². The summed E-state index contributed by atoms with van der Waals surface area (Å²) in [5, 5.41) is 2.94. The van der Waals surface area contributed by atoms with Crippen molar-refractivity contribution >= 4 is 40.8 Å². The smallest absolute Gasteiger partial charge is 0.341 e. The summed E-state index contributed by atoms with van der Waals surface area (Å²) < 4.78 is 35.9. The molecule has 1 fully saturated rings.